The van der Waals surface area contributed by atoms with Crippen molar-refractivity contribution in [3.8, 4) is 0 Å². The Hall–Kier alpha value is -2.09. The smallest absolute Gasteiger partial charge is 0.163 e. The van der Waals surface area contributed by atoms with Gasteiger partial charge in [-0.25, -0.2) is 0 Å². The van der Waals surface area contributed by atoms with Crippen LogP contribution in [0.3, 0.4) is 0 Å². The predicted octanol–water partition coefficient (Wildman–Crippen LogP) is 3.87. The van der Waals surface area contributed by atoms with Crippen molar-refractivity contribution in [2.24, 2.45) is 0 Å². The zero-order valence-electron chi connectivity index (χ0n) is 10.4. The SMILES string of the molecule is Cc1ccc(Nc2ccc3c(c2)C(=O)CC3)cc1. The summed E-state index contributed by atoms with van der Waals surface area (Å²) in [5, 5.41) is 3.33. The van der Waals surface area contributed by atoms with Crippen LogP contribution in [-0.4, -0.2) is 5.78 Å². The number of ketones is 1. The Bertz CT molecular complexity index is 599. The van der Waals surface area contributed by atoms with Crippen LogP contribution in [0.1, 0.15) is 27.9 Å². The molecule has 0 aromatic heterocycles. The summed E-state index contributed by atoms with van der Waals surface area (Å²) in [5.41, 5.74) is 5.32. The van der Waals surface area contributed by atoms with E-state index in [2.05, 4.69) is 30.4 Å². The number of nitrogens with one attached hydrogen (secondary N) is 1. The molecule has 0 saturated heterocycles. The molecule has 2 aromatic rings. The van der Waals surface area contributed by atoms with Gasteiger partial charge in [0.25, 0.3) is 0 Å². The molecule has 0 aliphatic heterocycles. The Morgan fingerprint density at radius 1 is 0.944 bits per heavy atom. The van der Waals surface area contributed by atoms with E-state index in [9.17, 15) is 4.79 Å². The van der Waals surface area contributed by atoms with Gasteiger partial charge in [0.05, 0.1) is 0 Å². The van der Waals surface area contributed by atoms with Crippen LogP contribution in [0.4, 0.5) is 11.4 Å². The van der Waals surface area contributed by atoms with Gasteiger partial charge in [0.1, 0.15) is 0 Å². The van der Waals surface area contributed by atoms with E-state index in [1.807, 2.05) is 24.3 Å². The summed E-state index contributed by atoms with van der Waals surface area (Å²) in [7, 11) is 0. The maximum Gasteiger partial charge on any atom is 0.163 e. The fourth-order valence-electron chi connectivity index (χ4n) is 2.32. The molecule has 0 heterocycles. The third kappa shape index (κ3) is 2.02. The van der Waals surface area contributed by atoms with Crippen molar-refractivity contribution in [3.05, 3.63) is 59.2 Å². The van der Waals surface area contributed by atoms with Gasteiger partial charge in [0.2, 0.25) is 0 Å². The zero-order chi connectivity index (χ0) is 12.5. The fourth-order valence-corrected chi connectivity index (χ4v) is 2.32. The maximum atomic E-state index is 11.7. The molecule has 0 bridgehead atoms. The van der Waals surface area contributed by atoms with E-state index >= 15 is 0 Å². The molecule has 1 aliphatic carbocycles. The molecule has 2 heteroatoms. The molecule has 0 unspecified atom stereocenters. The van der Waals surface area contributed by atoms with E-state index in [1.54, 1.807) is 0 Å². The average Bonchev–Trinajstić information content (AvgIpc) is 2.74. The van der Waals surface area contributed by atoms with E-state index in [1.165, 1.54) is 11.1 Å². The Labute approximate surface area is 107 Å². The fraction of sp³-hybridized carbons (Fsp3) is 0.188. The van der Waals surface area contributed by atoms with Crippen LogP contribution in [0, 0.1) is 6.92 Å². The normalized spacial score (nSPS) is 13.5. The minimum Gasteiger partial charge on any atom is -0.356 e. The van der Waals surface area contributed by atoms with E-state index in [0.717, 1.165) is 23.4 Å². The lowest BCUT2D eigenvalue weighted by atomic mass is 10.1. The van der Waals surface area contributed by atoms with Crippen LogP contribution >= 0.6 is 0 Å². The highest BCUT2D eigenvalue weighted by molar-refractivity contribution is 6.01. The monoisotopic (exact) mass is 237 g/mol. The molecular formula is C16H15NO. The summed E-state index contributed by atoms with van der Waals surface area (Å²) < 4.78 is 0. The van der Waals surface area contributed by atoms with Crippen molar-refractivity contribution in [3.63, 3.8) is 0 Å². The highest BCUT2D eigenvalue weighted by Crippen LogP contribution is 2.26. The van der Waals surface area contributed by atoms with E-state index in [4.69, 9.17) is 0 Å². The second kappa shape index (κ2) is 4.30. The maximum absolute atomic E-state index is 11.7. The van der Waals surface area contributed by atoms with E-state index in [0.29, 0.717) is 6.42 Å². The molecule has 1 N–H and O–H groups in total. The summed E-state index contributed by atoms with van der Waals surface area (Å²) >= 11 is 0. The van der Waals surface area contributed by atoms with Gasteiger partial charge in [-0.15, -0.1) is 0 Å². The lowest BCUT2D eigenvalue weighted by Crippen LogP contribution is -1.95. The van der Waals surface area contributed by atoms with Gasteiger partial charge in [0.15, 0.2) is 5.78 Å². The number of carbonyl (C=O) groups excluding carboxylic acids is 1. The first-order valence-corrected chi connectivity index (χ1v) is 6.22. The Morgan fingerprint density at radius 2 is 1.67 bits per heavy atom. The molecule has 0 amide bonds. The molecule has 3 rings (SSSR count). The Morgan fingerprint density at radius 3 is 2.44 bits per heavy atom. The number of benzene rings is 2. The minimum absolute atomic E-state index is 0.262. The number of anilines is 2. The zero-order valence-corrected chi connectivity index (χ0v) is 10.4. The van der Waals surface area contributed by atoms with Crippen molar-refractivity contribution >= 4 is 17.2 Å². The molecule has 0 saturated carbocycles. The Balaban J connectivity index is 1.87. The lowest BCUT2D eigenvalue weighted by molar-refractivity contribution is 0.0994. The van der Waals surface area contributed by atoms with Gasteiger partial charge in [-0.05, 0) is 43.2 Å². The molecule has 0 fully saturated rings. The highest BCUT2D eigenvalue weighted by Gasteiger charge is 2.19. The number of rotatable bonds is 2. The summed E-state index contributed by atoms with van der Waals surface area (Å²) in [6.45, 7) is 2.07. The molecule has 0 atom stereocenters. The first kappa shape index (κ1) is 11.0. The highest BCUT2D eigenvalue weighted by atomic mass is 16.1. The van der Waals surface area contributed by atoms with Crippen LogP contribution in [-0.2, 0) is 6.42 Å². The third-order valence-electron chi connectivity index (χ3n) is 3.37. The standard InChI is InChI=1S/C16H15NO/c1-11-2-6-13(7-3-11)17-14-8-4-12-5-9-16(18)15(12)10-14/h2-4,6-8,10,17H,5,9H2,1H3. The number of hydrogen-bond donors (Lipinski definition) is 1. The first-order chi connectivity index (χ1) is 8.72. The predicted molar refractivity (Wildman–Crippen MR) is 73.6 cm³/mol. The number of aryl methyl sites for hydroxylation is 2. The van der Waals surface area contributed by atoms with Crippen molar-refractivity contribution in [2.45, 2.75) is 19.8 Å². The van der Waals surface area contributed by atoms with Crippen LogP contribution < -0.4 is 5.32 Å². The second-order valence-electron chi connectivity index (χ2n) is 4.79. The molecule has 18 heavy (non-hydrogen) atoms. The summed E-state index contributed by atoms with van der Waals surface area (Å²) in [4.78, 5) is 11.7. The summed E-state index contributed by atoms with van der Waals surface area (Å²) in [6, 6.07) is 14.3. The molecule has 2 nitrogen and oxygen atoms in total. The molecule has 0 spiro atoms. The number of fused-ring (bicyclic) bond motifs is 1. The summed E-state index contributed by atoms with van der Waals surface area (Å²) in [5.74, 6) is 0.262. The second-order valence-corrected chi connectivity index (χ2v) is 4.79. The molecule has 2 aromatic carbocycles. The first-order valence-electron chi connectivity index (χ1n) is 6.22. The van der Waals surface area contributed by atoms with Crippen LogP contribution in [0.15, 0.2) is 42.5 Å². The van der Waals surface area contributed by atoms with Crippen molar-refractivity contribution in [1.82, 2.24) is 0 Å². The van der Waals surface area contributed by atoms with Crippen LogP contribution in [0.25, 0.3) is 0 Å². The molecule has 0 radical (unpaired) electrons. The number of hydrogen-bond acceptors (Lipinski definition) is 2. The quantitative estimate of drug-likeness (QED) is 0.859. The van der Waals surface area contributed by atoms with E-state index in [-0.39, 0.29) is 5.78 Å². The van der Waals surface area contributed by atoms with Gasteiger partial charge in [-0.3, -0.25) is 4.79 Å². The average molecular weight is 237 g/mol. The van der Waals surface area contributed by atoms with Crippen molar-refractivity contribution in [2.75, 3.05) is 5.32 Å². The van der Waals surface area contributed by atoms with Gasteiger partial charge in [-0.1, -0.05) is 23.8 Å². The third-order valence-corrected chi connectivity index (χ3v) is 3.37. The van der Waals surface area contributed by atoms with Gasteiger partial charge in [-0.2, -0.15) is 0 Å². The minimum atomic E-state index is 0.262. The van der Waals surface area contributed by atoms with Gasteiger partial charge in [0, 0.05) is 23.4 Å². The van der Waals surface area contributed by atoms with Gasteiger partial charge >= 0.3 is 0 Å². The Kier molecular flexibility index (Phi) is 2.63. The number of Topliss-reactive ketones (excluding diaryl/α,β-unsaturated/α-hetero) is 1. The molecular weight excluding hydrogens is 222 g/mol. The molecule has 1 aliphatic rings. The largest absolute Gasteiger partial charge is 0.356 e. The van der Waals surface area contributed by atoms with Crippen LogP contribution in [0.5, 0.6) is 0 Å². The lowest BCUT2D eigenvalue weighted by Gasteiger charge is -2.08. The van der Waals surface area contributed by atoms with Gasteiger partial charge < -0.3 is 5.32 Å². The van der Waals surface area contributed by atoms with E-state index < -0.39 is 0 Å². The molecule has 90 valence electrons. The summed E-state index contributed by atoms with van der Waals surface area (Å²) in [6.07, 6.45) is 1.54. The van der Waals surface area contributed by atoms with Crippen molar-refractivity contribution in [1.29, 1.82) is 0 Å². The van der Waals surface area contributed by atoms with Crippen LogP contribution in [0.2, 0.25) is 0 Å². The topological polar surface area (TPSA) is 29.1 Å². The van der Waals surface area contributed by atoms with Crippen molar-refractivity contribution < 1.29 is 4.79 Å². The number of carbonyl (C=O) groups is 1.